The Morgan fingerprint density at radius 1 is 0.879 bits per heavy atom. The molecule has 0 aliphatic carbocycles. The summed E-state index contributed by atoms with van der Waals surface area (Å²) >= 11 is 0. The fourth-order valence-corrected chi connectivity index (χ4v) is 3.92. The van der Waals surface area contributed by atoms with Gasteiger partial charge in [-0.3, -0.25) is 9.69 Å². The van der Waals surface area contributed by atoms with Crippen LogP contribution in [0.2, 0.25) is 0 Å². The van der Waals surface area contributed by atoms with Gasteiger partial charge in [0.15, 0.2) is 0 Å². The van der Waals surface area contributed by atoms with Crippen LogP contribution in [-0.2, 0) is 11.2 Å². The Bertz CT molecular complexity index is 982. The molecule has 1 N–H and O–H groups in total. The van der Waals surface area contributed by atoms with Gasteiger partial charge in [0.1, 0.15) is 5.75 Å². The maximum atomic E-state index is 12.1. The first kappa shape index (κ1) is 23.0. The number of nitrogens with one attached hydrogen (secondary N) is 1. The number of hydrogen-bond acceptors (Lipinski definition) is 4. The summed E-state index contributed by atoms with van der Waals surface area (Å²) in [6, 6.07) is 26.1. The summed E-state index contributed by atoms with van der Waals surface area (Å²) in [7, 11) is 0. The second kappa shape index (κ2) is 12.2. The van der Waals surface area contributed by atoms with Gasteiger partial charge in [-0.2, -0.15) is 0 Å². The predicted molar refractivity (Wildman–Crippen MR) is 132 cm³/mol. The van der Waals surface area contributed by atoms with E-state index in [-0.39, 0.29) is 5.91 Å². The molecular formula is C28H32N2O3. The van der Waals surface area contributed by atoms with Crippen LogP contribution in [0.3, 0.4) is 0 Å². The van der Waals surface area contributed by atoms with Crippen LogP contribution in [0.25, 0.3) is 11.1 Å². The summed E-state index contributed by atoms with van der Waals surface area (Å²) < 4.78 is 11.3. The van der Waals surface area contributed by atoms with Crippen LogP contribution in [0.4, 0.5) is 0 Å². The van der Waals surface area contributed by atoms with Crippen LogP contribution >= 0.6 is 0 Å². The first-order valence-corrected chi connectivity index (χ1v) is 11.7. The largest absolute Gasteiger partial charge is 0.494 e. The van der Waals surface area contributed by atoms with Gasteiger partial charge in [0.2, 0.25) is 0 Å². The Balaban J connectivity index is 1.19. The van der Waals surface area contributed by atoms with Crippen LogP contribution in [-0.4, -0.2) is 56.8 Å². The Hall–Kier alpha value is -3.15. The molecule has 1 amide bonds. The van der Waals surface area contributed by atoms with Crippen molar-refractivity contribution in [2.45, 2.75) is 12.8 Å². The van der Waals surface area contributed by atoms with Gasteiger partial charge < -0.3 is 14.8 Å². The number of morpholine rings is 1. The highest BCUT2D eigenvalue weighted by atomic mass is 16.5. The Kier molecular flexibility index (Phi) is 8.50. The fraction of sp³-hybridized carbons (Fsp3) is 0.321. The molecule has 0 radical (unpaired) electrons. The normalized spacial score (nSPS) is 14.1. The van der Waals surface area contributed by atoms with Crippen molar-refractivity contribution >= 4 is 5.91 Å². The summed E-state index contributed by atoms with van der Waals surface area (Å²) in [5.74, 6) is 0.877. The highest BCUT2D eigenvalue weighted by molar-refractivity contribution is 5.94. The molecule has 1 saturated heterocycles. The number of hydrogen-bond donors (Lipinski definition) is 1. The lowest BCUT2D eigenvalue weighted by Crippen LogP contribution is -2.37. The van der Waals surface area contributed by atoms with Crippen LogP contribution in [0.5, 0.6) is 5.75 Å². The summed E-state index contributed by atoms with van der Waals surface area (Å²) in [6.45, 7) is 6.13. The first-order valence-electron chi connectivity index (χ1n) is 11.7. The zero-order chi connectivity index (χ0) is 22.7. The van der Waals surface area contributed by atoms with Crippen molar-refractivity contribution in [2.24, 2.45) is 0 Å². The van der Waals surface area contributed by atoms with E-state index >= 15 is 0 Å². The summed E-state index contributed by atoms with van der Waals surface area (Å²) in [6.07, 6.45) is 1.82. The SMILES string of the molecule is O=C(NCCc1ccc(-c2ccc(OCCCN3CCOCC3)cc2)cc1)c1ccccc1. The predicted octanol–water partition coefficient (Wildman–Crippen LogP) is 4.43. The van der Waals surface area contributed by atoms with E-state index < -0.39 is 0 Å². The molecule has 5 nitrogen and oxygen atoms in total. The van der Waals surface area contributed by atoms with Crippen molar-refractivity contribution in [3.8, 4) is 16.9 Å². The standard InChI is InChI=1S/C28H32N2O3/c31-28(26-5-2-1-3-6-26)29-16-15-23-7-9-24(10-8-23)25-11-13-27(14-12-25)33-20-4-17-30-18-21-32-22-19-30/h1-3,5-14H,4,15-22H2,(H,29,31). The van der Waals surface area contributed by atoms with Crippen molar-refractivity contribution in [1.82, 2.24) is 10.2 Å². The minimum atomic E-state index is -0.0318. The van der Waals surface area contributed by atoms with Crippen molar-refractivity contribution < 1.29 is 14.3 Å². The average molecular weight is 445 g/mol. The van der Waals surface area contributed by atoms with Gasteiger partial charge in [0.05, 0.1) is 19.8 Å². The number of amides is 1. The van der Waals surface area contributed by atoms with Gasteiger partial charge in [0.25, 0.3) is 5.91 Å². The first-order chi connectivity index (χ1) is 16.3. The van der Waals surface area contributed by atoms with Crippen LogP contribution in [0, 0.1) is 0 Å². The third-order valence-electron chi connectivity index (χ3n) is 5.87. The van der Waals surface area contributed by atoms with E-state index in [1.807, 2.05) is 42.5 Å². The Morgan fingerprint density at radius 3 is 2.24 bits per heavy atom. The number of carbonyl (C=O) groups is 1. The van der Waals surface area contributed by atoms with E-state index in [0.717, 1.165) is 58.0 Å². The van der Waals surface area contributed by atoms with Crippen molar-refractivity contribution in [2.75, 3.05) is 46.0 Å². The number of nitrogens with zero attached hydrogens (tertiary/aromatic N) is 1. The van der Waals surface area contributed by atoms with Gasteiger partial charge in [-0.15, -0.1) is 0 Å². The third-order valence-corrected chi connectivity index (χ3v) is 5.87. The summed E-state index contributed by atoms with van der Waals surface area (Å²) in [5.41, 5.74) is 4.23. The van der Waals surface area contributed by atoms with Crippen molar-refractivity contribution in [1.29, 1.82) is 0 Å². The topological polar surface area (TPSA) is 50.8 Å². The van der Waals surface area contributed by atoms with E-state index in [4.69, 9.17) is 9.47 Å². The molecule has 1 heterocycles. The molecule has 0 spiro atoms. The molecule has 5 heteroatoms. The minimum absolute atomic E-state index is 0.0318. The Morgan fingerprint density at radius 2 is 1.55 bits per heavy atom. The highest BCUT2D eigenvalue weighted by Crippen LogP contribution is 2.23. The molecule has 1 fully saturated rings. The molecule has 172 valence electrons. The minimum Gasteiger partial charge on any atom is -0.494 e. The zero-order valence-corrected chi connectivity index (χ0v) is 19.0. The quantitative estimate of drug-likeness (QED) is 0.470. The second-order valence-electron chi connectivity index (χ2n) is 8.25. The monoisotopic (exact) mass is 444 g/mol. The van der Waals surface area contributed by atoms with E-state index in [9.17, 15) is 4.79 Å². The molecule has 0 atom stereocenters. The molecule has 3 aromatic carbocycles. The average Bonchev–Trinajstić information content (AvgIpc) is 2.88. The zero-order valence-electron chi connectivity index (χ0n) is 19.0. The number of benzene rings is 3. The number of rotatable bonds is 10. The van der Waals surface area contributed by atoms with Gasteiger partial charge in [0, 0.05) is 31.7 Å². The molecule has 3 aromatic rings. The van der Waals surface area contributed by atoms with Gasteiger partial charge in [-0.05, 0) is 53.8 Å². The van der Waals surface area contributed by atoms with Gasteiger partial charge >= 0.3 is 0 Å². The van der Waals surface area contributed by atoms with Crippen LogP contribution < -0.4 is 10.1 Å². The Labute approximate surface area is 196 Å². The van der Waals surface area contributed by atoms with Gasteiger partial charge in [-0.25, -0.2) is 0 Å². The van der Waals surface area contributed by atoms with Crippen molar-refractivity contribution in [3.63, 3.8) is 0 Å². The lowest BCUT2D eigenvalue weighted by Gasteiger charge is -2.26. The molecule has 1 aliphatic heterocycles. The van der Waals surface area contributed by atoms with Crippen LogP contribution in [0.15, 0.2) is 78.9 Å². The third kappa shape index (κ3) is 7.17. The second-order valence-corrected chi connectivity index (χ2v) is 8.25. The lowest BCUT2D eigenvalue weighted by atomic mass is 10.0. The molecule has 0 unspecified atom stereocenters. The maximum absolute atomic E-state index is 12.1. The molecule has 0 saturated carbocycles. The number of ether oxygens (including phenoxy) is 2. The fourth-order valence-electron chi connectivity index (χ4n) is 3.92. The molecule has 0 bridgehead atoms. The summed E-state index contributed by atoms with van der Waals surface area (Å²) in [5, 5.41) is 2.98. The van der Waals surface area contributed by atoms with E-state index in [2.05, 4.69) is 46.6 Å². The summed E-state index contributed by atoms with van der Waals surface area (Å²) in [4.78, 5) is 14.6. The van der Waals surface area contributed by atoms with Gasteiger partial charge in [-0.1, -0.05) is 54.6 Å². The maximum Gasteiger partial charge on any atom is 0.251 e. The van der Waals surface area contributed by atoms with Crippen molar-refractivity contribution in [3.05, 3.63) is 90.0 Å². The molecule has 1 aliphatic rings. The molecule has 33 heavy (non-hydrogen) atoms. The van der Waals surface area contributed by atoms with E-state index in [0.29, 0.717) is 12.1 Å². The lowest BCUT2D eigenvalue weighted by molar-refractivity contribution is 0.0358. The van der Waals surface area contributed by atoms with Crippen LogP contribution in [0.1, 0.15) is 22.3 Å². The number of carbonyl (C=O) groups excluding carboxylic acids is 1. The van der Waals surface area contributed by atoms with E-state index in [1.54, 1.807) is 0 Å². The smallest absolute Gasteiger partial charge is 0.251 e. The van der Waals surface area contributed by atoms with E-state index in [1.165, 1.54) is 16.7 Å². The molecule has 4 rings (SSSR count). The molecular weight excluding hydrogens is 412 g/mol. The molecule has 0 aromatic heterocycles. The highest BCUT2D eigenvalue weighted by Gasteiger charge is 2.09.